The zero-order valence-electron chi connectivity index (χ0n) is 13.8. The highest BCUT2D eigenvalue weighted by Gasteiger charge is 2.16. The van der Waals surface area contributed by atoms with Crippen LogP contribution in [-0.4, -0.2) is 11.7 Å². The van der Waals surface area contributed by atoms with Gasteiger partial charge in [0.2, 0.25) is 0 Å². The first-order chi connectivity index (χ1) is 11.9. The van der Waals surface area contributed by atoms with E-state index >= 15 is 0 Å². The monoisotopic (exact) mass is 337 g/mol. The van der Waals surface area contributed by atoms with Crippen LogP contribution in [0.3, 0.4) is 0 Å². The van der Waals surface area contributed by atoms with Crippen LogP contribution in [0.5, 0.6) is 0 Å². The lowest BCUT2D eigenvalue weighted by Gasteiger charge is -2.04. The highest BCUT2D eigenvalue weighted by Crippen LogP contribution is 2.26. The van der Waals surface area contributed by atoms with Gasteiger partial charge in [0, 0.05) is 16.8 Å². The van der Waals surface area contributed by atoms with Gasteiger partial charge >= 0.3 is 0 Å². The van der Waals surface area contributed by atoms with Gasteiger partial charge < -0.3 is 9.73 Å². The van der Waals surface area contributed by atoms with Crippen molar-refractivity contribution in [2.24, 2.45) is 0 Å². The summed E-state index contributed by atoms with van der Waals surface area (Å²) in [6, 6.07) is 14.1. The molecule has 3 rings (SSSR count). The van der Waals surface area contributed by atoms with Gasteiger partial charge in [0.1, 0.15) is 17.3 Å². The smallest absolute Gasteiger partial charge is 0.259 e. The Bertz CT molecular complexity index is 925. The summed E-state index contributed by atoms with van der Waals surface area (Å²) in [5.74, 6) is 0.281. The Balaban J connectivity index is 1.80. The molecule has 126 valence electrons. The minimum absolute atomic E-state index is 0.0347. The van der Waals surface area contributed by atoms with Crippen LogP contribution in [-0.2, 0) is 0 Å². The van der Waals surface area contributed by atoms with Gasteiger partial charge in [-0.3, -0.25) is 9.59 Å². The van der Waals surface area contributed by atoms with Gasteiger partial charge in [-0.15, -0.1) is 0 Å². The Morgan fingerprint density at radius 3 is 2.24 bits per heavy atom. The van der Waals surface area contributed by atoms with Gasteiger partial charge in [0.25, 0.3) is 5.91 Å². The third kappa shape index (κ3) is 3.66. The Morgan fingerprint density at radius 2 is 1.64 bits per heavy atom. The molecule has 0 atom stereocenters. The van der Waals surface area contributed by atoms with Gasteiger partial charge in [-0.1, -0.05) is 0 Å². The van der Waals surface area contributed by atoms with E-state index < -0.39 is 0 Å². The number of carbonyl (C=O) groups is 2. The number of anilines is 1. The van der Waals surface area contributed by atoms with E-state index in [9.17, 15) is 14.0 Å². The average Bonchev–Trinajstić information content (AvgIpc) is 2.98. The van der Waals surface area contributed by atoms with Crippen LogP contribution in [0.15, 0.2) is 59.0 Å². The molecule has 5 heteroatoms. The van der Waals surface area contributed by atoms with Crippen LogP contribution in [0.1, 0.15) is 33.4 Å². The van der Waals surface area contributed by atoms with E-state index in [-0.39, 0.29) is 17.5 Å². The van der Waals surface area contributed by atoms with E-state index in [1.54, 1.807) is 49.4 Å². The van der Waals surface area contributed by atoms with E-state index in [0.29, 0.717) is 33.9 Å². The number of carbonyl (C=O) groups excluding carboxylic acids is 2. The summed E-state index contributed by atoms with van der Waals surface area (Å²) in [5.41, 5.74) is 2.25. The lowest BCUT2D eigenvalue weighted by atomic mass is 10.1. The van der Waals surface area contributed by atoms with Gasteiger partial charge in [-0.2, -0.15) is 0 Å². The highest BCUT2D eigenvalue weighted by molar-refractivity contribution is 6.05. The molecule has 0 saturated heterocycles. The van der Waals surface area contributed by atoms with E-state index in [0.717, 1.165) is 0 Å². The van der Waals surface area contributed by atoms with Gasteiger partial charge in [-0.05, 0) is 68.4 Å². The zero-order valence-corrected chi connectivity index (χ0v) is 13.8. The molecule has 1 N–H and O–H groups in total. The molecule has 0 aliphatic rings. The quantitative estimate of drug-likeness (QED) is 0.692. The number of hydrogen-bond acceptors (Lipinski definition) is 3. The normalized spacial score (nSPS) is 10.5. The van der Waals surface area contributed by atoms with Crippen LogP contribution in [0, 0.1) is 12.7 Å². The Kier molecular flexibility index (Phi) is 4.48. The average molecular weight is 337 g/mol. The number of benzene rings is 2. The molecule has 0 unspecified atom stereocenters. The van der Waals surface area contributed by atoms with E-state index in [2.05, 4.69) is 5.32 Å². The van der Waals surface area contributed by atoms with Crippen LogP contribution >= 0.6 is 0 Å². The summed E-state index contributed by atoms with van der Waals surface area (Å²) in [6.45, 7) is 3.18. The van der Waals surface area contributed by atoms with Gasteiger partial charge in [0.05, 0.1) is 5.56 Å². The second kappa shape index (κ2) is 6.73. The number of ketones is 1. The van der Waals surface area contributed by atoms with Crippen LogP contribution in [0.2, 0.25) is 0 Å². The Hall–Kier alpha value is -3.21. The molecule has 0 aliphatic carbocycles. The molecule has 0 fully saturated rings. The first-order valence-corrected chi connectivity index (χ1v) is 7.73. The molecule has 1 amide bonds. The largest absolute Gasteiger partial charge is 0.461 e. The maximum atomic E-state index is 13.0. The Morgan fingerprint density at radius 1 is 1.00 bits per heavy atom. The number of rotatable bonds is 4. The third-order valence-electron chi connectivity index (χ3n) is 3.84. The number of Topliss-reactive ketones (excluding diaryl/α,β-unsaturated/α-hetero) is 1. The van der Waals surface area contributed by atoms with Crippen LogP contribution in [0.25, 0.3) is 11.3 Å². The minimum Gasteiger partial charge on any atom is -0.461 e. The van der Waals surface area contributed by atoms with E-state index in [4.69, 9.17) is 4.42 Å². The molecule has 0 aliphatic heterocycles. The lowest BCUT2D eigenvalue weighted by Crippen LogP contribution is -2.12. The Labute approximate surface area is 144 Å². The summed E-state index contributed by atoms with van der Waals surface area (Å²) >= 11 is 0. The summed E-state index contributed by atoms with van der Waals surface area (Å²) in [5, 5.41) is 2.77. The lowest BCUT2D eigenvalue weighted by molar-refractivity contribution is 0.101. The number of amides is 1. The van der Waals surface area contributed by atoms with Crippen molar-refractivity contribution in [2.75, 3.05) is 5.32 Å². The van der Waals surface area contributed by atoms with Crippen molar-refractivity contribution >= 4 is 17.4 Å². The molecule has 25 heavy (non-hydrogen) atoms. The summed E-state index contributed by atoms with van der Waals surface area (Å²) < 4.78 is 18.6. The maximum Gasteiger partial charge on any atom is 0.259 e. The van der Waals surface area contributed by atoms with Crippen molar-refractivity contribution in [1.29, 1.82) is 0 Å². The van der Waals surface area contributed by atoms with Crippen molar-refractivity contribution in [2.45, 2.75) is 13.8 Å². The number of furan rings is 1. The SMILES string of the molecule is CC(=O)c1ccc(NC(=O)c2cc(-c3ccc(F)cc3)oc2C)cc1. The zero-order chi connectivity index (χ0) is 18.0. The van der Waals surface area contributed by atoms with Crippen molar-refractivity contribution in [3.05, 3.63) is 77.3 Å². The molecule has 4 nitrogen and oxygen atoms in total. The molecular formula is C20H16FNO3. The number of aryl methyl sites for hydroxylation is 1. The third-order valence-corrected chi connectivity index (χ3v) is 3.84. The van der Waals surface area contributed by atoms with Crippen molar-refractivity contribution in [3.63, 3.8) is 0 Å². The predicted molar refractivity (Wildman–Crippen MR) is 93.2 cm³/mol. The molecule has 0 saturated carbocycles. The summed E-state index contributed by atoms with van der Waals surface area (Å²) in [6.07, 6.45) is 0. The maximum absolute atomic E-state index is 13.0. The molecular weight excluding hydrogens is 321 g/mol. The molecule has 0 radical (unpaired) electrons. The van der Waals surface area contributed by atoms with Crippen LogP contribution in [0.4, 0.5) is 10.1 Å². The second-order valence-electron chi connectivity index (χ2n) is 5.68. The minimum atomic E-state index is -0.334. The van der Waals surface area contributed by atoms with Crippen LogP contribution < -0.4 is 5.32 Å². The van der Waals surface area contributed by atoms with Crippen molar-refractivity contribution in [3.8, 4) is 11.3 Å². The first kappa shape index (κ1) is 16.6. The summed E-state index contributed by atoms with van der Waals surface area (Å²) in [4.78, 5) is 23.7. The summed E-state index contributed by atoms with van der Waals surface area (Å²) in [7, 11) is 0. The molecule has 3 aromatic rings. The molecule has 1 aromatic heterocycles. The molecule has 0 bridgehead atoms. The predicted octanol–water partition coefficient (Wildman–Crippen LogP) is 4.85. The standard InChI is InChI=1S/C20H16FNO3/c1-12(23)14-5-9-17(10-6-14)22-20(24)18-11-19(25-13(18)2)15-3-7-16(21)8-4-15/h3-11H,1-2H3,(H,22,24). The molecule has 2 aromatic carbocycles. The highest BCUT2D eigenvalue weighted by atomic mass is 19.1. The number of halogens is 1. The molecule has 0 spiro atoms. The van der Waals surface area contributed by atoms with E-state index in [1.165, 1.54) is 19.1 Å². The number of nitrogens with one attached hydrogen (secondary N) is 1. The first-order valence-electron chi connectivity index (χ1n) is 7.73. The molecule has 1 heterocycles. The fraction of sp³-hybridized carbons (Fsp3) is 0.100. The van der Waals surface area contributed by atoms with Crippen molar-refractivity contribution < 1.29 is 18.4 Å². The van der Waals surface area contributed by atoms with Gasteiger partial charge in [0.15, 0.2) is 5.78 Å². The topological polar surface area (TPSA) is 59.3 Å². The fourth-order valence-corrected chi connectivity index (χ4v) is 2.45. The fourth-order valence-electron chi connectivity index (χ4n) is 2.45. The van der Waals surface area contributed by atoms with Gasteiger partial charge in [-0.25, -0.2) is 4.39 Å². The number of hydrogen-bond donors (Lipinski definition) is 1. The van der Waals surface area contributed by atoms with Crippen molar-refractivity contribution in [1.82, 2.24) is 0 Å². The second-order valence-corrected chi connectivity index (χ2v) is 5.68. The van der Waals surface area contributed by atoms with E-state index in [1.807, 2.05) is 0 Å².